The fourth-order valence-electron chi connectivity index (χ4n) is 4.87. The molecule has 1 aromatic rings. The van der Waals surface area contributed by atoms with Crippen molar-refractivity contribution < 1.29 is 13.2 Å². The topological polar surface area (TPSA) is 120 Å². The molecule has 3 aliphatic heterocycles. The standard InChI is InChI=1S/C21H34N6O3S/c1-15-4-2-5-16-14-17(23-20(15)16)21(28)25-18-6-3-7-19(24-18)26-9-11-27(12-10-26)31(29,30)13-8-22/h2,4-5,17-19,23-24H,3,6-14,22H2,1H3,(H,25,28). The van der Waals surface area contributed by atoms with Crippen LogP contribution in [0.15, 0.2) is 18.2 Å². The highest BCUT2D eigenvalue weighted by atomic mass is 32.2. The van der Waals surface area contributed by atoms with Crippen molar-refractivity contribution in [3.05, 3.63) is 29.3 Å². The molecular formula is C21H34N6O3S. The maximum Gasteiger partial charge on any atom is 0.244 e. The quantitative estimate of drug-likeness (QED) is 0.473. The number of benzene rings is 1. The largest absolute Gasteiger partial charge is 0.373 e. The Morgan fingerprint density at radius 3 is 2.71 bits per heavy atom. The molecule has 10 heteroatoms. The molecule has 4 rings (SSSR count). The molecule has 0 aromatic heterocycles. The third kappa shape index (κ3) is 5.04. The van der Waals surface area contributed by atoms with Gasteiger partial charge in [-0.25, -0.2) is 8.42 Å². The predicted octanol–water partition coefficient (Wildman–Crippen LogP) is -0.220. The average Bonchev–Trinajstić information content (AvgIpc) is 3.20. The molecule has 31 heavy (non-hydrogen) atoms. The molecular weight excluding hydrogens is 416 g/mol. The van der Waals surface area contributed by atoms with Gasteiger partial charge in [0.1, 0.15) is 6.04 Å². The Morgan fingerprint density at radius 2 is 2.00 bits per heavy atom. The number of carbonyl (C=O) groups is 1. The van der Waals surface area contributed by atoms with Gasteiger partial charge in [0.15, 0.2) is 0 Å². The molecule has 2 saturated heterocycles. The molecule has 0 spiro atoms. The lowest BCUT2D eigenvalue weighted by Crippen LogP contribution is -2.62. The summed E-state index contributed by atoms with van der Waals surface area (Å²) in [6, 6.07) is 5.92. The number of nitrogens with two attached hydrogens (primary N) is 1. The first-order valence-corrected chi connectivity index (χ1v) is 12.8. The van der Waals surface area contributed by atoms with Gasteiger partial charge in [-0.3, -0.25) is 15.0 Å². The second-order valence-corrected chi connectivity index (χ2v) is 10.8. The highest BCUT2D eigenvalue weighted by Crippen LogP contribution is 2.29. The monoisotopic (exact) mass is 450 g/mol. The Bertz CT molecular complexity index is 900. The van der Waals surface area contributed by atoms with Crippen molar-refractivity contribution in [3.63, 3.8) is 0 Å². The minimum absolute atomic E-state index is 0.00137. The number of nitrogens with one attached hydrogen (secondary N) is 3. The summed E-state index contributed by atoms with van der Waals surface area (Å²) >= 11 is 0. The van der Waals surface area contributed by atoms with Gasteiger partial charge in [-0.1, -0.05) is 18.2 Å². The van der Waals surface area contributed by atoms with Gasteiger partial charge in [-0.15, -0.1) is 0 Å². The molecule has 0 radical (unpaired) electrons. The van der Waals surface area contributed by atoms with E-state index in [1.807, 2.05) is 6.07 Å². The number of carbonyl (C=O) groups excluding carboxylic acids is 1. The fraction of sp³-hybridized carbons (Fsp3) is 0.667. The number of hydrogen-bond acceptors (Lipinski definition) is 7. The van der Waals surface area contributed by atoms with E-state index >= 15 is 0 Å². The van der Waals surface area contributed by atoms with Crippen molar-refractivity contribution in [3.8, 4) is 0 Å². The molecule has 0 aliphatic carbocycles. The first kappa shape index (κ1) is 22.5. The Kier molecular flexibility index (Phi) is 6.83. The van der Waals surface area contributed by atoms with Gasteiger partial charge in [0.05, 0.1) is 18.1 Å². The number of hydrogen-bond donors (Lipinski definition) is 4. The van der Waals surface area contributed by atoms with Crippen molar-refractivity contribution in [2.45, 2.75) is 51.0 Å². The smallest absolute Gasteiger partial charge is 0.244 e. The van der Waals surface area contributed by atoms with E-state index in [2.05, 4.69) is 39.9 Å². The van der Waals surface area contributed by atoms with Gasteiger partial charge in [-0.2, -0.15) is 4.31 Å². The van der Waals surface area contributed by atoms with Gasteiger partial charge < -0.3 is 16.4 Å². The van der Waals surface area contributed by atoms with Gasteiger partial charge in [0.25, 0.3) is 0 Å². The summed E-state index contributed by atoms with van der Waals surface area (Å²) in [5.74, 6) is 0.0212. The number of sulfonamides is 1. The molecule has 0 saturated carbocycles. The minimum atomic E-state index is -3.25. The Hall–Kier alpha value is -1.72. The number of anilines is 1. The number of nitrogens with zero attached hydrogens (tertiary/aromatic N) is 2. The highest BCUT2D eigenvalue weighted by Gasteiger charge is 2.34. The second-order valence-electron chi connectivity index (χ2n) is 8.72. The predicted molar refractivity (Wildman–Crippen MR) is 121 cm³/mol. The van der Waals surface area contributed by atoms with Gasteiger partial charge >= 0.3 is 0 Å². The number of aryl methyl sites for hydroxylation is 1. The molecule has 2 fully saturated rings. The van der Waals surface area contributed by atoms with E-state index in [0.717, 1.165) is 30.5 Å². The van der Waals surface area contributed by atoms with E-state index in [1.165, 1.54) is 5.56 Å². The van der Waals surface area contributed by atoms with E-state index in [9.17, 15) is 13.2 Å². The van der Waals surface area contributed by atoms with Crippen molar-refractivity contribution in [1.82, 2.24) is 19.8 Å². The van der Waals surface area contributed by atoms with E-state index < -0.39 is 10.0 Å². The van der Waals surface area contributed by atoms with Crippen LogP contribution < -0.4 is 21.7 Å². The fourth-order valence-corrected chi connectivity index (χ4v) is 6.14. The van der Waals surface area contributed by atoms with Crippen LogP contribution in [0, 0.1) is 6.92 Å². The third-order valence-corrected chi connectivity index (χ3v) is 8.49. The maximum absolute atomic E-state index is 12.9. The molecule has 1 amide bonds. The van der Waals surface area contributed by atoms with Crippen LogP contribution in [-0.4, -0.2) is 80.4 Å². The molecule has 0 bridgehead atoms. The van der Waals surface area contributed by atoms with Gasteiger partial charge in [-0.05, 0) is 37.3 Å². The Morgan fingerprint density at radius 1 is 1.23 bits per heavy atom. The summed E-state index contributed by atoms with van der Waals surface area (Å²) in [5, 5.41) is 10.1. The highest BCUT2D eigenvalue weighted by molar-refractivity contribution is 7.89. The van der Waals surface area contributed by atoms with Crippen LogP contribution in [0.3, 0.4) is 0 Å². The van der Waals surface area contributed by atoms with Crippen LogP contribution in [-0.2, 0) is 21.2 Å². The summed E-state index contributed by atoms with van der Waals surface area (Å²) in [5.41, 5.74) is 8.87. The molecule has 5 N–H and O–H groups in total. The summed E-state index contributed by atoms with van der Waals surface area (Å²) in [7, 11) is -3.25. The third-order valence-electron chi connectivity index (χ3n) is 6.58. The maximum atomic E-state index is 12.9. The summed E-state index contributed by atoms with van der Waals surface area (Å²) in [6.45, 7) is 4.54. The van der Waals surface area contributed by atoms with Crippen LogP contribution in [0.1, 0.15) is 30.4 Å². The summed E-state index contributed by atoms with van der Waals surface area (Å²) < 4.78 is 26.0. The second kappa shape index (κ2) is 9.41. The normalized spacial score (nSPS) is 27.5. The van der Waals surface area contributed by atoms with Crippen molar-refractivity contribution in [1.29, 1.82) is 0 Å². The zero-order valence-corrected chi connectivity index (χ0v) is 19.0. The van der Waals surface area contributed by atoms with Crippen LogP contribution in [0.2, 0.25) is 0 Å². The Labute approximate surface area is 184 Å². The van der Waals surface area contributed by atoms with Crippen molar-refractivity contribution >= 4 is 21.6 Å². The van der Waals surface area contributed by atoms with Crippen molar-refractivity contribution in [2.24, 2.45) is 5.73 Å². The first-order chi connectivity index (χ1) is 14.9. The summed E-state index contributed by atoms with van der Waals surface area (Å²) in [6.07, 6.45) is 3.69. The lowest BCUT2D eigenvalue weighted by atomic mass is 10.0. The number of piperidine rings is 1. The number of amides is 1. The van der Waals surface area contributed by atoms with Crippen LogP contribution in [0.25, 0.3) is 0 Å². The number of rotatable bonds is 6. The van der Waals surface area contributed by atoms with E-state index in [0.29, 0.717) is 32.6 Å². The molecule has 3 heterocycles. The SMILES string of the molecule is Cc1cccc2c1NC(C(=O)NC1CCCC(N3CCN(S(=O)(=O)CCN)CC3)N1)C2. The van der Waals surface area contributed by atoms with Crippen LogP contribution in [0.4, 0.5) is 5.69 Å². The lowest BCUT2D eigenvalue weighted by Gasteiger charge is -2.42. The number of fused-ring (bicyclic) bond motifs is 1. The average molecular weight is 451 g/mol. The van der Waals surface area contributed by atoms with Crippen LogP contribution in [0.5, 0.6) is 0 Å². The molecule has 3 aliphatic rings. The van der Waals surface area contributed by atoms with Gasteiger partial charge in [0, 0.05) is 44.8 Å². The van der Waals surface area contributed by atoms with E-state index in [1.54, 1.807) is 4.31 Å². The van der Waals surface area contributed by atoms with Crippen molar-refractivity contribution in [2.75, 3.05) is 43.8 Å². The van der Waals surface area contributed by atoms with Crippen LogP contribution >= 0.6 is 0 Å². The number of para-hydroxylation sites is 1. The van der Waals surface area contributed by atoms with E-state index in [4.69, 9.17) is 5.73 Å². The Balaban J connectivity index is 1.28. The minimum Gasteiger partial charge on any atom is -0.373 e. The first-order valence-electron chi connectivity index (χ1n) is 11.2. The molecule has 9 nitrogen and oxygen atoms in total. The van der Waals surface area contributed by atoms with E-state index in [-0.39, 0.29) is 36.6 Å². The molecule has 172 valence electrons. The molecule has 1 aromatic carbocycles. The zero-order chi connectivity index (χ0) is 22.0. The summed E-state index contributed by atoms with van der Waals surface area (Å²) in [4.78, 5) is 15.2. The molecule has 3 unspecified atom stereocenters. The number of piperazine rings is 1. The lowest BCUT2D eigenvalue weighted by molar-refractivity contribution is -0.123. The molecule has 3 atom stereocenters. The van der Waals surface area contributed by atoms with Gasteiger partial charge in [0.2, 0.25) is 15.9 Å². The zero-order valence-electron chi connectivity index (χ0n) is 18.1.